The predicted molar refractivity (Wildman–Crippen MR) is 108 cm³/mol. The Morgan fingerprint density at radius 3 is 2.23 bits per heavy atom. The maximum Gasteiger partial charge on any atom is 0.124 e. The van der Waals surface area contributed by atoms with Crippen LogP contribution in [0.5, 0.6) is 11.5 Å². The minimum Gasteiger partial charge on any atom is -0.497 e. The molecule has 26 heavy (non-hydrogen) atoms. The third-order valence-corrected chi connectivity index (χ3v) is 4.39. The van der Waals surface area contributed by atoms with Crippen molar-refractivity contribution >= 4 is 28.9 Å². The summed E-state index contributed by atoms with van der Waals surface area (Å²) in [5, 5.41) is 4.76. The fraction of sp³-hybridized carbons (Fsp3) is 0.143. The van der Waals surface area contributed by atoms with Crippen LogP contribution in [0.2, 0.25) is 10.0 Å². The molecule has 3 aromatic rings. The molecule has 0 saturated carbocycles. The Hall–Kier alpha value is -2.36. The van der Waals surface area contributed by atoms with Crippen LogP contribution in [0.4, 0.5) is 5.69 Å². The lowest BCUT2D eigenvalue weighted by Gasteiger charge is -2.14. The summed E-state index contributed by atoms with van der Waals surface area (Å²) in [5.41, 5.74) is 3.04. The van der Waals surface area contributed by atoms with E-state index in [2.05, 4.69) is 5.32 Å². The van der Waals surface area contributed by atoms with Gasteiger partial charge in [0, 0.05) is 27.8 Å². The summed E-state index contributed by atoms with van der Waals surface area (Å²) in [4.78, 5) is 0. The number of benzene rings is 3. The van der Waals surface area contributed by atoms with Gasteiger partial charge in [-0.15, -0.1) is 0 Å². The zero-order chi connectivity index (χ0) is 18.4. The summed E-state index contributed by atoms with van der Waals surface area (Å²) >= 11 is 12.1. The van der Waals surface area contributed by atoms with E-state index in [1.807, 2.05) is 66.7 Å². The predicted octanol–water partition coefficient (Wildman–Crippen LogP) is 6.19. The van der Waals surface area contributed by atoms with Crippen molar-refractivity contribution in [1.29, 1.82) is 0 Å². The van der Waals surface area contributed by atoms with E-state index in [9.17, 15) is 0 Å². The van der Waals surface area contributed by atoms with Crippen LogP contribution in [-0.4, -0.2) is 7.11 Å². The molecule has 0 atom stereocenters. The van der Waals surface area contributed by atoms with Gasteiger partial charge in [-0.1, -0.05) is 35.3 Å². The highest BCUT2D eigenvalue weighted by Gasteiger charge is 2.06. The topological polar surface area (TPSA) is 30.5 Å². The standard InChI is InChI=1S/C21H19Cl2NO2/c1-25-20-9-7-19(8-10-20)24-13-16-12-18(23)6-11-21(16)26-14-15-2-4-17(22)5-3-15/h2-12,24H,13-14H2,1H3. The number of methoxy groups -OCH3 is 1. The van der Waals surface area contributed by atoms with Gasteiger partial charge in [-0.3, -0.25) is 0 Å². The van der Waals surface area contributed by atoms with Crippen molar-refractivity contribution in [1.82, 2.24) is 0 Å². The van der Waals surface area contributed by atoms with E-state index in [4.69, 9.17) is 32.7 Å². The van der Waals surface area contributed by atoms with E-state index in [0.29, 0.717) is 23.2 Å². The number of halogens is 2. The molecular formula is C21H19Cl2NO2. The Morgan fingerprint density at radius 1 is 0.846 bits per heavy atom. The van der Waals surface area contributed by atoms with Crippen LogP contribution in [0.1, 0.15) is 11.1 Å². The van der Waals surface area contributed by atoms with Gasteiger partial charge >= 0.3 is 0 Å². The molecule has 0 fully saturated rings. The van der Waals surface area contributed by atoms with Crippen molar-refractivity contribution < 1.29 is 9.47 Å². The Labute approximate surface area is 163 Å². The number of ether oxygens (including phenoxy) is 2. The molecule has 3 nitrogen and oxygen atoms in total. The van der Waals surface area contributed by atoms with Crippen molar-refractivity contribution in [3.63, 3.8) is 0 Å². The van der Waals surface area contributed by atoms with E-state index >= 15 is 0 Å². The van der Waals surface area contributed by atoms with Gasteiger partial charge in [0.15, 0.2) is 0 Å². The first-order chi connectivity index (χ1) is 12.6. The average Bonchev–Trinajstić information content (AvgIpc) is 2.67. The van der Waals surface area contributed by atoms with E-state index in [0.717, 1.165) is 28.3 Å². The third-order valence-electron chi connectivity index (χ3n) is 3.90. The number of hydrogen-bond acceptors (Lipinski definition) is 3. The summed E-state index contributed by atoms with van der Waals surface area (Å²) in [5.74, 6) is 1.62. The smallest absolute Gasteiger partial charge is 0.124 e. The van der Waals surface area contributed by atoms with E-state index < -0.39 is 0 Å². The maximum atomic E-state index is 6.16. The second kappa shape index (κ2) is 8.84. The lowest BCUT2D eigenvalue weighted by molar-refractivity contribution is 0.303. The minimum absolute atomic E-state index is 0.467. The fourth-order valence-corrected chi connectivity index (χ4v) is 2.80. The molecule has 0 saturated heterocycles. The molecule has 0 radical (unpaired) electrons. The Balaban J connectivity index is 1.67. The zero-order valence-corrected chi connectivity index (χ0v) is 15.8. The van der Waals surface area contributed by atoms with Crippen molar-refractivity contribution in [3.8, 4) is 11.5 Å². The summed E-state index contributed by atoms with van der Waals surface area (Å²) in [6, 6.07) is 21.0. The lowest BCUT2D eigenvalue weighted by Crippen LogP contribution is -2.04. The number of anilines is 1. The highest BCUT2D eigenvalue weighted by Crippen LogP contribution is 2.25. The molecule has 0 bridgehead atoms. The van der Waals surface area contributed by atoms with Gasteiger partial charge < -0.3 is 14.8 Å². The summed E-state index contributed by atoms with van der Waals surface area (Å²) in [6.45, 7) is 1.07. The van der Waals surface area contributed by atoms with Crippen LogP contribution in [0.3, 0.4) is 0 Å². The molecule has 1 N–H and O–H groups in total. The molecule has 134 valence electrons. The average molecular weight is 388 g/mol. The van der Waals surface area contributed by atoms with Crippen LogP contribution in [0.25, 0.3) is 0 Å². The second-order valence-corrected chi connectivity index (χ2v) is 6.62. The summed E-state index contributed by atoms with van der Waals surface area (Å²) in [6.07, 6.45) is 0. The van der Waals surface area contributed by atoms with Crippen molar-refractivity contribution in [3.05, 3.63) is 87.9 Å². The van der Waals surface area contributed by atoms with Crippen molar-refractivity contribution in [2.45, 2.75) is 13.2 Å². The monoisotopic (exact) mass is 387 g/mol. The van der Waals surface area contributed by atoms with Gasteiger partial charge in [-0.05, 0) is 60.2 Å². The Kier molecular flexibility index (Phi) is 6.26. The molecule has 3 aromatic carbocycles. The van der Waals surface area contributed by atoms with Crippen molar-refractivity contribution in [2.75, 3.05) is 12.4 Å². The van der Waals surface area contributed by atoms with E-state index in [1.165, 1.54) is 0 Å². The quantitative estimate of drug-likeness (QED) is 0.523. The summed E-state index contributed by atoms with van der Waals surface area (Å²) in [7, 11) is 1.65. The number of nitrogens with one attached hydrogen (secondary N) is 1. The molecule has 0 unspecified atom stereocenters. The molecule has 0 amide bonds. The second-order valence-electron chi connectivity index (χ2n) is 5.75. The molecule has 0 aliphatic rings. The third kappa shape index (κ3) is 5.07. The number of hydrogen-bond donors (Lipinski definition) is 1. The Bertz CT molecular complexity index is 849. The van der Waals surface area contributed by atoms with Crippen molar-refractivity contribution in [2.24, 2.45) is 0 Å². The SMILES string of the molecule is COc1ccc(NCc2cc(Cl)ccc2OCc2ccc(Cl)cc2)cc1. The minimum atomic E-state index is 0.467. The lowest BCUT2D eigenvalue weighted by atomic mass is 10.2. The first-order valence-corrected chi connectivity index (χ1v) is 8.93. The first-order valence-electron chi connectivity index (χ1n) is 8.17. The largest absolute Gasteiger partial charge is 0.497 e. The van der Waals surface area contributed by atoms with Crippen LogP contribution >= 0.6 is 23.2 Å². The molecule has 0 aliphatic carbocycles. The molecule has 0 spiro atoms. The highest BCUT2D eigenvalue weighted by molar-refractivity contribution is 6.30. The van der Waals surface area contributed by atoms with Crippen LogP contribution in [-0.2, 0) is 13.2 Å². The fourth-order valence-electron chi connectivity index (χ4n) is 2.47. The maximum absolute atomic E-state index is 6.16. The van der Waals surface area contributed by atoms with E-state index in [1.54, 1.807) is 7.11 Å². The molecule has 3 rings (SSSR count). The van der Waals surface area contributed by atoms with Crippen LogP contribution in [0, 0.1) is 0 Å². The molecule has 0 heterocycles. The molecule has 0 aliphatic heterocycles. The summed E-state index contributed by atoms with van der Waals surface area (Å²) < 4.78 is 11.2. The molecular weight excluding hydrogens is 369 g/mol. The van der Waals surface area contributed by atoms with Gasteiger partial charge in [-0.25, -0.2) is 0 Å². The molecule has 5 heteroatoms. The molecule has 0 aromatic heterocycles. The van der Waals surface area contributed by atoms with Gasteiger partial charge in [0.2, 0.25) is 0 Å². The number of rotatable bonds is 7. The normalized spacial score (nSPS) is 10.4. The Morgan fingerprint density at radius 2 is 1.54 bits per heavy atom. The van der Waals surface area contributed by atoms with Crippen LogP contribution in [0.15, 0.2) is 66.7 Å². The first kappa shape index (κ1) is 18.4. The van der Waals surface area contributed by atoms with Crippen LogP contribution < -0.4 is 14.8 Å². The van der Waals surface area contributed by atoms with Gasteiger partial charge in [0.25, 0.3) is 0 Å². The van der Waals surface area contributed by atoms with Gasteiger partial charge in [-0.2, -0.15) is 0 Å². The van der Waals surface area contributed by atoms with Gasteiger partial charge in [0.1, 0.15) is 18.1 Å². The zero-order valence-electron chi connectivity index (χ0n) is 14.3. The van der Waals surface area contributed by atoms with E-state index in [-0.39, 0.29) is 0 Å². The van der Waals surface area contributed by atoms with Gasteiger partial charge in [0.05, 0.1) is 7.11 Å². The highest BCUT2D eigenvalue weighted by atomic mass is 35.5.